The highest BCUT2D eigenvalue weighted by atomic mass is 79.9. The third-order valence-electron chi connectivity index (χ3n) is 5.66. The molecular formula is C20H24BrNO4Si2. The number of carboxylic acid groups (broad SMARTS) is 1. The number of hydrogen-bond donors (Lipinski definition) is 3. The first-order valence-corrected chi connectivity index (χ1v) is 16.4. The zero-order valence-electron chi connectivity index (χ0n) is 16.4. The van der Waals surface area contributed by atoms with Gasteiger partial charge < -0.3 is 15.5 Å². The van der Waals surface area contributed by atoms with Crippen molar-refractivity contribution < 1.29 is 19.8 Å². The fourth-order valence-electron chi connectivity index (χ4n) is 3.79. The van der Waals surface area contributed by atoms with Crippen LogP contribution in [0.15, 0.2) is 34.8 Å². The number of halogens is 1. The summed E-state index contributed by atoms with van der Waals surface area (Å²) in [6.07, 6.45) is 0. The van der Waals surface area contributed by atoms with Crippen LogP contribution in [-0.2, 0) is 0 Å². The Hall–Kier alpha value is -1.91. The van der Waals surface area contributed by atoms with Crippen molar-refractivity contribution in [2.45, 2.75) is 38.3 Å². The van der Waals surface area contributed by atoms with Gasteiger partial charge >= 0.3 is 5.97 Å². The van der Waals surface area contributed by atoms with Gasteiger partial charge in [-0.3, -0.25) is 4.79 Å². The van der Waals surface area contributed by atoms with E-state index in [0.29, 0.717) is 10.2 Å². The molecular weight excluding hydrogens is 454 g/mol. The summed E-state index contributed by atoms with van der Waals surface area (Å²) in [5, 5.41) is 25.0. The summed E-state index contributed by atoms with van der Waals surface area (Å²) in [6.45, 7) is 9.24. The predicted molar refractivity (Wildman–Crippen MR) is 121 cm³/mol. The summed E-state index contributed by atoms with van der Waals surface area (Å²) in [5.74, 6) is -1.45. The van der Waals surface area contributed by atoms with E-state index < -0.39 is 28.0 Å². The molecule has 3 rings (SSSR count). The number of anilines is 1. The third kappa shape index (κ3) is 3.68. The van der Waals surface area contributed by atoms with Gasteiger partial charge in [0.1, 0.15) is 5.75 Å². The largest absolute Gasteiger partial charge is 0.506 e. The Morgan fingerprint density at radius 3 is 2.18 bits per heavy atom. The van der Waals surface area contributed by atoms with E-state index >= 15 is 0 Å². The number of fused-ring (bicyclic) bond motifs is 1. The highest BCUT2D eigenvalue weighted by Crippen LogP contribution is 2.34. The van der Waals surface area contributed by atoms with E-state index in [4.69, 9.17) is 5.11 Å². The molecule has 1 aliphatic rings. The minimum atomic E-state index is -1.70. The summed E-state index contributed by atoms with van der Waals surface area (Å²) >= 11 is 3.58. The van der Waals surface area contributed by atoms with Crippen LogP contribution in [-0.4, -0.2) is 38.2 Å². The summed E-state index contributed by atoms with van der Waals surface area (Å²) in [5.41, 5.74) is 0.881. The molecule has 0 unspecified atom stereocenters. The van der Waals surface area contributed by atoms with E-state index in [-0.39, 0.29) is 16.9 Å². The molecule has 5 nitrogen and oxygen atoms in total. The maximum absolute atomic E-state index is 12.9. The van der Waals surface area contributed by atoms with Crippen LogP contribution in [0.25, 0.3) is 0 Å². The summed E-state index contributed by atoms with van der Waals surface area (Å²) < 4.78 is 0.660. The van der Waals surface area contributed by atoms with E-state index in [9.17, 15) is 14.7 Å². The number of phenolic OH excluding ortho intramolecular Hbond substituents is 1. The number of aromatic hydroxyl groups is 1. The van der Waals surface area contributed by atoms with Gasteiger partial charge in [-0.05, 0) is 51.4 Å². The highest BCUT2D eigenvalue weighted by molar-refractivity contribution is 9.10. The van der Waals surface area contributed by atoms with Gasteiger partial charge in [0.05, 0.1) is 31.7 Å². The zero-order chi connectivity index (χ0) is 20.9. The molecule has 0 saturated carbocycles. The fraction of sp³-hybridized carbons (Fsp3) is 0.300. The second-order valence-corrected chi connectivity index (χ2v) is 19.0. The summed E-state index contributed by atoms with van der Waals surface area (Å²) in [6, 6.07) is 10.2. The van der Waals surface area contributed by atoms with Gasteiger partial charge in [-0.2, -0.15) is 0 Å². The lowest BCUT2D eigenvalue weighted by Gasteiger charge is -2.40. The van der Waals surface area contributed by atoms with Crippen molar-refractivity contribution >= 4 is 60.0 Å². The molecule has 8 heteroatoms. The Kier molecular flexibility index (Phi) is 5.33. The summed E-state index contributed by atoms with van der Waals surface area (Å²) in [7, 11) is -3.38. The standard InChI is InChI=1S/C20H24BrNO4Si2/c1-27(2)9-10-28(3,4)18-15(27)11-14(17(23)16(18)21)19(24)22-13-7-5-12(6-8-13)20(25)26/h5-8,11,23H,9-10H2,1-4H3,(H,22,24)(H,25,26). The first-order valence-electron chi connectivity index (χ1n) is 9.15. The highest BCUT2D eigenvalue weighted by Gasteiger charge is 2.42. The topological polar surface area (TPSA) is 86.6 Å². The lowest BCUT2D eigenvalue weighted by atomic mass is 10.1. The molecule has 0 aliphatic carbocycles. The number of carbonyl (C=O) groups is 2. The van der Waals surface area contributed by atoms with Crippen molar-refractivity contribution in [3.8, 4) is 5.75 Å². The van der Waals surface area contributed by atoms with Crippen LogP contribution in [0.5, 0.6) is 5.75 Å². The van der Waals surface area contributed by atoms with Gasteiger partial charge in [-0.1, -0.05) is 43.5 Å². The number of rotatable bonds is 3. The number of hydrogen-bond acceptors (Lipinski definition) is 3. The lowest BCUT2D eigenvalue weighted by Crippen LogP contribution is -2.64. The van der Waals surface area contributed by atoms with Gasteiger partial charge in [-0.15, -0.1) is 0 Å². The van der Waals surface area contributed by atoms with Gasteiger partial charge in [0.25, 0.3) is 5.91 Å². The normalized spacial score (nSPS) is 16.9. The molecule has 2 aromatic rings. The number of nitrogens with one attached hydrogen (secondary N) is 1. The van der Waals surface area contributed by atoms with Gasteiger partial charge in [0.2, 0.25) is 0 Å². The number of benzene rings is 2. The first kappa shape index (κ1) is 20.8. The van der Waals surface area contributed by atoms with Gasteiger partial charge in [0, 0.05) is 5.69 Å². The molecule has 0 aromatic heterocycles. The van der Waals surface area contributed by atoms with E-state index in [1.165, 1.54) is 34.6 Å². The van der Waals surface area contributed by atoms with Crippen molar-refractivity contribution in [3.63, 3.8) is 0 Å². The maximum Gasteiger partial charge on any atom is 0.335 e. The van der Waals surface area contributed by atoms with Crippen molar-refractivity contribution in [1.82, 2.24) is 0 Å². The molecule has 3 N–H and O–H groups in total. The Morgan fingerprint density at radius 1 is 1.04 bits per heavy atom. The van der Waals surface area contributed by atoms with Gasteiger partial charge in [0.15, 0.2) is 0 Å². The molecule has 0 atom stereocenters. The predicted octanol–water partition coefficient (Wildman–Crippen LogP) is 3.95. The second-order valence-electron chi connectivity index (χ2n) is 8.61. The maximum atomic E-state index is 12.9. The van der Waals surface area contributed by atoms with Crippen LogP contribution in [0.4, 0.5) is 5.69 Å². The lowest BCUT2D eigenvalue weighted by molar-refractivity contribution is 0.0696. The fourth-order valence-corrected chi connectivity index (χ4v) is 16.4. The average molecular weight is 478 g/mol. The SMILES string of the molecule is C[Si]1(C)CC[Si](C)(C)c2c1cc(C(=O)Nc1ccc(C(=O)O)cc1)c(O)c2Br. The Bertz CT molecular complexity index is 971. The molecule has 1 heterocycles. The Balaban J connectivity index is 2.02. The molecule has 148 valence electrons. The number of amides is 1. The average Bonchev–Trinajstić information content (AvgIpc) is 2.61. The van der Waals surface area contributed by atoms with E-state index in [1.807, 2.05) is 6.07 Å². The Labute approximate surface area is 174 Å². The van der Waals surface area contributed by atoms with Crippen LogP contribution >= 0.6 is 15.9 Å². The van der Waals surface area contributed by atoms with Crippen molar-refractivity contribution in [3.05, 3.63) is 45.9 Å². The number of carbonyl (C=O) groups excluding carboxylic acids is 1. The van der Waals surface area contributed by atoms with E-state index in [1.54, 1.807) is 12.1 Å². The molecule has 0 fully saturated rings. The molecule has 1 amide bonds. The van der Waals surface area contributed by atoms with Crippen LogP contribution in [0, 0.1) is 0 Å². The molecule has 0 saturated heterocycles. The third-order valence-corrected chi connectivity index (χ3v) is 14.3. The van der Waals surface area contributed by atoms with Crippen molar-refractivity contribution in [2.24, 2.45) is 0 Å². The second kappa shape index (κ2) is 7.16. The molecule has 0 spiro atoms. The first-order chi connectivity index (χ1) is 12.9. The molecule has 28 heavy (non-hydrogen) atoms. The van der Waals surface area contributed by atoms with Crippen LogP contribution < -0.4 is 15.7 Å². The zero-order valence-corrected chi connectivity index (χ0v) is 20.0. The van der Waals surface area contributed by atoms with Crippen LogP contribution in [0.2, 0.25) is 38.3 Å². The van der Waals surface area contributed by atoms with Crippen molar-refractivity contribution in [2.75, 3.05) is 5.32 Å². The van der Waals surface area contributed by atoms with E-state index in [0.717, 1.165) is 0 Å². The molecule has 1 aliphatic heterocycles. The quantitative estimate of drug-likeness (QED) is 0.583. The number of carboxylic acids is 1. The monoisotopic (exact) mass is 477 g/mol. The van der Waals surface area contributed by atoms with Crippen molar-refractivity contribution in [1.29, 1.82) is 0 Å². The number of phenols is 1. The molecule has 0 bridgehead atoms. The smallest absolute Gasteiger partial charge is 0.335 e. The van der Waals surface area contributed by atoms with Crippen LogP contribution in [0.1, 0.15) is 20.7 Å². The molecule has 2 aromatic carbocycles. The van der Waals surface area contributed by atoms with Crippen LogP contribution in [0.3, 0.4) is 0 Å². The summed E-state index contributed by atoms with van der Waals surface area (Å²) in [4.78, 5) is 23.9. The molecule has 0 radical (unpaired) electrons. The Morgan fingerprint density at radius 2 is 1.61 bits per heavy atom. The minimum Gasteiger partial charge on any atom is -0.506 e. The van der Waals surface area contributed by atoms with Gasteiger partial charge in [-0.25, -0.2) is 4.79 Å². The van der Waals surface area contributed by atoms with E-state index in [2.05, 4.69) is 47.4 Å². The minimum absolute atomic E-state index is 0.0225. The number of aromatic carboxylic acids is 1.